The summed E-state index contributed by atoms with van der Waals surface area (Å²) in [7, 11) is -2.65. The number of ether oxygens (including phenoxy) is 1. The predicted molar refractivity (Wildman–Crippen MR) is 80.1 cm³/mol. The third-order valence-electron chi connectivity index (χ3n) is 2.31. The molecule has 0 fully saturated rings. The van der Waals surface area contributed by atoms with E-state index in [9.17, 15) is 0 Å². The third kappa shape index (κ3) is 9.57. The highest BCUT2D eigenvalue weighted by molar-refractivity contribution is 6.60. The Labute approximate surface area is 120 Å². The largest absolute Gasteiger partial charge is 0.528 e. The maximum Gasteiger partial charge on any atom is 0.528 e. The van der Waals surface area contributed by atoms with Gasteiger partial charge in [-0.25, -0.2) is 0 Å². The van der Waals surface area contributed by atoms with Crippen molar-refractivity contribution in [1.29, 1.82) is 0 Å². The van der Waals surface area contributed by atoms with E-state index in [-0.39, 0.29) is 0 Å². The van der Waals surface area contributed by atoms with Crippen molar-refractivity contribution >= 4 is 8.80 Å². The highest BCUT2D eigenvalue weighted by Gasteiger charge is 2.41. The summed E-state index contributed by atoms with van der Waals surface area (Å²) in [5.41, 5.74) is 0. The van der Waals surface area contributed by atoms with Gasteiger partial charge in [-0.2, -0.15) is 0 Å². The molecule has 4 nitrogen and oxygen atoms in total. The van der Waals surface area contributed by atoms with Gasteiger partial charge in [-0.15, -0.1) is 0 Å². The zero-order valence-corrected chi connectivity index (χ0v) is 14.4. The van der Waals surface area contributed by atoms with E-state index in [1.807, 2.05) is 0 Å². The Morgan fingerprint density at radius 2 is 1.21 bits per heavy atom. The first-order valence-corrected chi connectivity index (χ1v) is 9.53. The molecule has 0 unspecified atom stereocenters. The molecule has 0 aliphatic rings. The molecule has 0 rings (SSSR count). The Balaban J connectivity index is 4.47. The predicted octanol–water partition coefficient (Wildman–Crippen LogP) is 3.42. The van der Waals surface area contributed by atoms with Crippen LogP contribution in [0.5, 0.6) is 0 Å². The molecule has 0 atom stereocenters. The fourth-order valence-electron chi connectivity index (χ4n) is 1.44. The summed E-state index contributed by atoms with van der Waals surface area (Å²) in [6, 6.07) is 0. The zero-order chi connectivity index (χ0) is 14.6. The maximum atomic E-state index is 5.93. The SMILES string of the molecule is CCCO[Si](COCC(C)C)(OCCC)OCCC. The summed E-state index contributed by atoms with van der Waals surface area (Å²) in [5, 5.41) is 0. The molecule has 0 aliphatic carbocycles. The van der Waals surface area contributed by atoms with Gasteiger partial charge >= 0.3 is 8.80 Å². The molecule has 0 aromatic rings. The molecule has 0 radical (unpaired) electrons. The Morgan fingerprint density at radius 3 is 1.53 bits per heavy atom. The fraction of sp³-hybridized carbons (Fsp3) is 1.00. The van der Waals surface area contributed by atoms with Gasteiger partial charge in [0, 0.05) is 26.4 Å². The summed E-state index contributed by atoms with van der Waals surface area (Å²) in [4.78, 5) is 0. The molecule has 116 valence electrons. The summed E-state index contributed by atoms with van der Waals surface area (Å²) in [5.74, 6) is 0.509. The Kier molecular flexibility index (Phi) is 11.9. The van der Waals surface area contributed by atoms with Crippen LogP contribution in [0.1, 0.15) is 53.9 Å². The van der Waals surface area contributed by atoms with Gasteiger partial charge in [0.2, 0.25) is 0 Å². The van der Waals surface area contributed by atoms with E-state index in [0.29, 0.717) is 32.0 Å². The minimum absolute atomic E-state index is 0.463. The van der Waals surface area contributed by atoms with E-state index < -0.39 is 8.80 Å². The Hall–Kier alpha value is 0.0569. The maximum absolute atomic E-state index is 5.93. The topological polar surface area (TPSA) is 36.9 Å². The van der Waals surface area contributed by atoms with E-state index in [1.165, 1.54) is 0 Å². The minimum Gasteiger partial charge on any atom is -0.377 e. The average molecular weight is 292 g/mol. The molecule has 0 saturated carbocycles. The lowest BCUT2D eigenvalue weighted by Gasteiger charge is -2.29. The molecular weight excluding hydrogens is 260 g/mol. The second-order valence-electron chi connectivity index (χ2n) is 5.14. The molecule has 0 aliphatic heterocycles. The standard InChI is InChI=1S/C14H32O4Si/c1-6-9-16-19(17-10-7-2,18-11-8-3)13-15-12-14(4)5/h14H,6-13H2,1-5H3. The van der Waals surface area contributed by atoms with Crippen molar-refractivity contribution in [3.05, 3.63) is 0 Å². The highest BCUT2D eigenvalue weighted by Crippen LogP contribution is 2.13. The van der Waals surface area contributed by atoms with Crippen molar-refractivity contribution in [3.63, 3.8) is 0 Å². The lowest BCUT2D eigenvalue weighted by molar-refractivity contribution is 0.0173. The van der Waals surface area contributed by atoms with Gasteiger partial charge in [-0.3, -0.25) is 0 Å². The molecule has 0 N–H and O–H groups in total. The molecule has 0 amide bonds. The first-order chi connectivity index (χ1) is 9.10. The molecule has 0 saturated heterocycles. The van der Waals surface area contributed by atoms with Gasteiger partial charge in [0.25, 0.3) is 0 Å². The smallest absolute Gasteiger partial charge is 0.377 e. The fourth-order valence-corrected chi connectivity index (χ4v) is 3.86. The van der Waals surface area contributed by atoms with E-state index >= 15 is 0 Å². The van der Waals surface area contributed by atoms with Crippen LogP contribution in [0.2, 0.25) is 0 Å². The molecular formula is C14H32O4Si. The molecule has 0 bridgehead atoms. The van der Waals surface area contributed by atoms with Crippen LogP contribution in [0.3, 0.4) is 0 Å². The van der Waals surface area contributed by atoms with E-state index in [2.05, 4.69) is 34.6 Å². The van der Waals surface area contributed by atoms with Gasteiger partial charge in [0.05, 0.1) is 0 Å². The van der Waals surface area contributed by atoms with Crippen LogP contribution in [-0.4, -0.2) is 41.5 Å². The Morgan fingerprint density at radius 1 is 0.789 bits per heavy atom. The van der Waals surface area contributed by atoms with Gasteiger partial charge < -0.3 is 18.0 Å². The number of hydrogen-bond acceptors (Lipinski definition) is 4. The van der Waals surface area contributed by atoms with Crippen molar-refractivity contribution in [3.8, 4) is 0 Å². The van der Waals surface area contributed by atoms with Crippen molar-refractivity contribution in [2.45, 2.75) is 53.9 Å². The quantitative estimate of drug-likeness (QED) is 0.487. The summed E-state index contributed by atoms with van der Waals surface area (Å²) < 4.78 is 23.5. The second kappa shape index (κ2) is 11.8. The monoisotopic (exact) mass is 292 g/mol. The van der Waals surface area contributed by atoms with E-state index in [4.69, 9.17) is 18.0 Å². The van der Waals surface area contributed by atoms with Crippen molar-refractivity contribution < 1.29 is 18.0 Å². The van der Waals surface area contributed by atoms with Crippen LogP contribution >= 0.6 is 0 Å². The van der Waals surface area contributed by atoms with Crippen LogP contribution in [0.15, 0.2) is 0 Å². The summed E-state index contributed by atoms with van der Waals surface area (Å²) in [6.45, 7) is 13.3. The molecule has 0 heterocycles. The highest BCUT2D eigenvalue weighted by atomic mass is 28.4. The van der Waals surface area contributed by atoms with Gasteiger partial charge in [0.1, 0.15) is 6.23 Å². The van der Waals surface area contributed by atoms with E-state index in [0.717, 1.165) is 25.9 Å². The average Bonchev–Trinajstić information content (AvgIpc) is 2.39. The second-order valence-corrected chi connectivity index (χ2v) is 7.66. The molecule has 0 aromatic heterocycles. The summed E-state index contributed by atoms with van der Waals surface area (Å²) in [6.07, 6.45) is 3.35. The lowest BCUT2D eigenvalue weighted by atomic mass is 10.2. The first kappa shape index (κ1) is 19.1. The van der Waals surface area contributed by atoms with Crippen LogP contribution in [-0.2, 0) is 18.0 Å². The normalized spacial score (nSPS) is 12.3. The van der Waals surface area contributed by atoms with Gasteiger partial charge in [0.15, 0.2) is 0 Å². The van der Waals surface area contributed by atoms with Crippen LogP contribution in [0.25, 0.3) is 0 Å². The van der Waals surface area contributed by atoms with Crippen molar-refractivity contribution in [1.82, 2.24) is 0 Å². The molecule has 19 heavy (non-hydrogen) atoms. The third-order valence-corrected chi connectivity index (χ3v) is 4.80. The van der Waals surface area contributed by atoms with Crippen molar-refractivity contribution in [2.24, 2.45) is 5.92 Å². The van der Waals surface area contributed by atoms with Gasteiger partial charge in [-0.1, -0.05) is 34.6 Å². The Bertz CT molecular complexity index is 178. The first-order valence-electron chi connectivity index (χ1n) is 7.59. The summed E-state index contributed by atoms with van der Waals surface area (Å²) >= 11 is 0. The molecule has 0 aromatic carbocycles. The van der Waals surface area contributed by atoms with Crippen LogP contribution in [0, 0.1) is 5.92 Å². The van der Waals surface area contributed by atoms with Crippen LogP contribution in [0.4, 0.5) is 0 Å². The van der Waals surface area contributed by atoms with Crippen molar-refractivity contribution in [2.75, 3.05) is 32.7 Å². The molecule has 0 spiro atoms. The van der Waals surface area contributed by atoms with Crippen LogP contribution < -0.4 is 0 Å². The lowest BCUT2D eigenvalue weighted by Crippen LogP contribution is -2.51. The van der Waals surface area contributed by atoms with Gasteiger partial charge in [-0.05, 0) is 25.2 Å². The minimum atomic E-state index is -2.65. The number of rotatable bonds is 13. The zero-order valence-electron chi connectivity index (χ0n) is 13.4. The van der Waals surface area contributed by atoms with E-state index in [1.54, 1.807) is 0 Å². The molecule has 5 heteroatoms. The number of hydrogen-bond donors (Lipinski definition) is 0.